The average Bonchev–Trinajstić information content (AvgIpc) is 2.49. The maximum atomic E-state index is 13.9. The molecule has 1 aliphatic rings. The lowest BCUT2D eigenvalue weighted by atomic mass is 10.0. The van der Waals surface area contributed by atoms with Crippen LogP contribution in [0.15, 0.2) is 24.3 Å². The topological polar surface area (TPSA) is 24.5 Å². The van der Waals surface area contributed by atoms with Crippen molar-refractivity contribution in [1.82, 2.24) is 10.2 Å². The Hall–Kier alpha value is -0.970. The molecule has 0 radical (unpaired) electrons. The van der Waals surface area contributed by atoms with Crippen LogP contribution in [-0.4, -0.2) is 43.8 Å². The van der Waals surface area contributed by atoms with Gasteiger partial charge in [0.1, 0.15) is 5.82 Å². The lowest BCUT2D eigenvalue weighted by molar-refractivity contribution is -0.0566. The molecule has 0 bridgehead atoms. The maximum Gasteiger partial charge on any atom is 0.127 e. The summed E-state index contributed by atoms with van der Waals surface area (Å²) in [5.41, 5.74) is 0.759. The van der Waals surface area contributed by atoms with Crippen molar-refractivity contribution in [2.45, 2.75) is 44.9 Å². The van der Waals surface area contributed by atoms with Gasteiger partial charge in [-0.3, -0.25) is 4.90 Å². The fourth-order valence-corrected chi connectivity index (χ4v) is 3.07. The molecule has 1 N–H and O–H groups in total. The zero-order chi connectivity index (χ0) is 15.2. The number of halogens is 1. The van der Waals surface area contributed by atoms with Crippen LogP contribution in [0.3, 0.4) is 0 Å². The quantitative estimate of drug-likeness (QED) is 0.873. The molecular weight excluding hydrogens is 267 g/mol. The Morgan fingerprint density at radius 1 is 1.43 bits per heavy atom. The molecule has 21 heavy (non-hydrogen) atoms. The predicted molar refractivity (Wildman–Crippen MR) is 83.9 cm³/mol. The zero-order valence-electron chi connectivity index (χ0n) is 13.3. The fraction of sp³-hybridized carbons (Fsp3) is 0.647. The molecule has 0 saturated carbocycles. The van der Waals surface area contributed by atoms with Crippen molar-refractivity contribution >= 4 is 0 Å². The summed E-state index contributed by atoms with van der Waals surface area (Å²) in [6, 6.07) is 7.58. The smallest absolute Gasteiger partial charge is 0.127 e. The van der Waals surface area contributed by atoms with E-state index in [0.29, 0.717) is 6.04 Å². The second-order valence-corrected chi connectivity index (χ2v) is 5.85. The fourth-order valence-electron chi connectivity index (χ4n) is 3.07. The van der Waals surface area contributed by atoms with Gasteiger partial charge >= 0.3 is 0 Å². The average molecular weight is 294 g/mol. The second kappa shape index (κ2) is 7.87. The van der Waals surface area contributed by atoms with Crippen molar-refractivity contribution < 1.29 is 9.13 Å². The summed E-state index contributed by atoms with van der Waals surface area (Å²) in [6.07, 6.45) is 2.28. The first kappa shape index (κ1) is 16.4. The van der Waals surface area contributed by atoms with Crippen LogP contribution in [0.5, 0.6) is 0 Å². The van der Waals surface area contributed by atoms with E-state index < -0.39 is 0 Å². The van der Waals surface area contributed by atoms with E-state index >= 15 is 0 Å². The summed E-state index contributed by atoms with van der Waals surface area (Å²) in [5, 5.41) is 3.24. The van der Waals surface area contributed by atoms with Crippen LogP contribution >= 0.6 is 0 Å². The molecule has 0 aromatic heterocycles. The van der Waals surface area contributed by atoms with Crippen LogP contribution < -0.4 is 5.32 Å². The van der Waals surface area contributed by atoms with Crippen LogP contribution in [0.25, 0.3) is 0 Å². The Bertz CT molecular complexity index is 441. The van der Waals surface area contributed by atoms with Gasteiger partial charge in [0.05, 0.1) is 12.7 Å². The first-order chi connectivity index (χ1) is 10.2. The zero-order valence-corrected chi connectivity index (χ0v) is 13.3. The minimum absolute atomic E-state index is 0.0573. The van der Waals surface area contributed by atoms with Gasteiger partial charge in [-0.1, -0.05) is 25.1 Å². The highest BCUT2D eigenvalue weighted by molar-refractivity contribution is 5.21. The highest BCUT2D eigenvalue weighted by atomic mass is 19.1. The van der Waals surface area contributed by atoms with Gasteiger partial charge in [0.15, 0.2) is 0 Å². The van der Waals surface area contributed by atoms with Gasteiger partial charge in [0.25, 0.3) is 0 Å². The Morgan fingerprint density at radius 2 is 2.19 bits per heavy atom. The highest BCUT2D eigenvalue weighted by Crippen LogP contribution is 2.22. The van der Waals surface area contributed by atoms with Crippen molar-refractivity contribution in [3.05, 3.63) is 35.6 Å². The van der Waals surface area contributed by atoms with Crippen molar-refractivity contribution in [3.8, 4) is 0 Å². The van der Waals surface area contributed by atoms with Crippen LogP contribution in [0, 0.1) is 5.82 Å². The highest BCUT2D eigenvalue weighted by Gasteiger charge is 2.26. The molecule has 118 valence electrons. The van der Waals surface area contributed by atoms with E-state index in [0.717, 1.165) is 38.1 Å². The second-order valence-electron chi connectivity index (χ2n) is 5.85. The third kappa shape index (κ3) is 4.25. The minimum Gasteiger partial charge on any atom is -0.376 e. The Kier molecular flexibility index (Phi) is 6.15. The molecule has 1 fully saturated rings. The normalized spacial score (nSPS) is 25.0. The summed E-state index contributed by atoms with van der Waals surface area (Å²) in [7, 11) is 1.90. The Balaban J connectivity index is 1.97. The van der Waals surface area contributed by atoms with Crippen molar-refractivity contribution in [3.63, 3.8) is 0 Å². The molecule has 1 saturated heterocycles. The summed E-state index contributed by atoms with van der Waals surface area (Å²) in [5.74, 6) is -0.126. The molecule has 0 aliphatic carbocycles. The van der Waals surface area contributed by atoms with Crippen LogP contribution in [0.2, 0.25) is 0 Å². The molecule has 0 amide bonds. The van der Waals surface area contributed by atoms with Crippen LogP contribution in [0.4, 0.5) is 4.39 Å². The molecule has 3 nitrogen and oxygen atoms in total. The largest absolute Gasteiger partial charge is 0.376 e. The van der Waals surface area contributed by atoms with Crippen LogP contribution in [-0.2, 0) is 4.74 Å². The maximum absolute atomic E-state index is 13.9. The van der Waals surface area contributed by atoms with Gasteiger partial charge in [-0.25, -0.2) is 4.39 Å². The van der Waals surface area contributed by atoms with Gasteiger partial charge in [0.2, 0.25) is 0 Å². The number of hydrogen-bond donors (Lipinski definition) is 1. The lowest BCUT2D eigenvalue weighted by Crippen LogP contribution is -2.49. The third-order valence-corrected chi connectivity index (χ3v) is 4.39. The van der Waals surface area contributed by atoms with E-state index in [1.807, 2.05) is 19.2 Å². The molecular formula is C17H27FN2O. The molecule has 1 aliphatic heterocycles. The number of rotatable bonds is 6. The van der Waals surface area contributed by atoms with E-state index in [2.05, 4.69) is 24.1 Å². The van der Waals surface area contributed by atoms with E-state index in [1.54, 1.807) is 6.07 Å². The number of nitrogens with one attached hydrogen (secondary N) is 1. The molecule has 4 heteroatoms. The lowest BCUT2D eigenvalue weighted by Gasteiger charge is -2.39. The number of morpholine rings is 1. The molecule has 1 aromatic rings. The number of nitrogens with zero attached hydrogens (tertiary/aromatic N) is 1. The van der Waals surface area contributed by atoms with E-state index in [9.17, 15) is 4.39 Å². The molecule has 3 unspecified atom stereocenters. The van der Waals surface area contributed by atoms with Crippen molar-refractivity contribution in [1.29, 1.82) is 0 Å². The van der Waals surface area contributed by atoms with E-state index in [1.165, 1.54) is 6.07 Å². The Labute approximate surface area is 127 Å². The van der Waals surface area contributed by atoms with E-state index in [4.69, 9.17) is 4.74 Å². The van der Waals surface area contributed by atoms with Crippen LogP contribution in [0.1, 0.15) is 38.3 Å². The summed E-state index contributed by atoms with van der Waals surface area (Å²) in [6.45, 7) is 7.05. The standard InChI is InChI=1S/C17H27FN2O/c1-4-14-12-21-13(2)11-20(14)10-9-17(19-3)15-7-5-6-8-16(15)18/h5-8,13-14,17,19H,4,9-12H2,1-3H3. The molecule has 3 atom stereocenters. The van der Waals surface area contributed by atoms with Crippen molar-refractivity contribution in [2.24, 2.45) is 0 Å². The number of ether oxygens (including phenoxy) is 1. The summed E-state index contributed by atoms with van der Waals surface area (Å²) < 4.78 is 19.7. The van der Waals surface area contributed by atoms with Gasteiger partial charge in [-0.2, -0.15) is 0 Å². The summed E-state index contributed by atoms with van der Waals surface area (Å²) in [4.78, 5) is 2.49. The minimum atomic E-state index is -0.126. The third-order valence-electron chi connectivity index (χ3n) is 4.39. The molecule has 1 aromatic carbocycles. The molecule has 0 spiro atoms. The number of hydrogen-bond acceptors (Lipinski definition) is 3. The number of benzene rings is 1. The van der Waals surface area contributed by atoms with Gasteiger partial charge in [-0.15, -0.1) is 0 Å². The summed E-state index contributed by atoms with van der Waals surface area (Å²) >= 11 is 0. The van der Waals surface area contributed by atoms with Gasteiger partial charge in [-0.05, 0) is 32.9 Å². The first-order valence-corrected chi connectivity index (χ1v) is 7.93. The monoisotopic (exact) mass is 294 g/mol. The van der Waals surface area contributed by atoms with Gasteiger partial charge in [0, 0.05) is 30.7 Å². The predicted octanol–water partition coefficient (Wildman–Crippen LogP) is 2.98. The molecule has 2 rings (SSSR count). The first-order valence-electron chi connectivity index (χ1n) is 7.93. The SMILES string of the molecule is CCC1COC(C)CN1CCC(NC)c1ccccc1F. The van der Waals surface area contributed by atoms with Crippen molar-refractivity contribution in [2.75, 3.05) is 26.7 Å². The van der Waals surface area contributed by atoms with E-state index in [-0.39, 0.29) is 18.0 Å². The van der Waals surface area contributed by atoms with Gasteiger partial charge < -0.3 is 10.1 Å². The molecule has 1 heterocycles. The Morgan fingerprint density at radius 3 is 2.86 bits per heavy atom.